The summed E-state index contributed by atoms with van der Waals surface area (Å²) in [5.74, 6) is 2.16. The summed E-state index contributed by atoms with van der Waals surface area (Å²) in [4.78, 5) is 7.67. The summed E-state index contributed by atoms with van der Waals surface area (Å²) >= 11 is 0. The van der Waals surface area contributed by atoms with Crippen LogP contribution in [0.2, 0.25) is 0 Å². The SMILES string of the molecule is C#C[C@]1(CO)O[C@@H](C(=C)n2ncnc(N)c2=NC)[C@H](F)[C@@H]1O. The van der Waals surface area contributed by atoms with Gasteiger partial charge in [0.1, 0.15) is 18.5 Å². The van der Waals surface area contributed by atoms with E-state index in [1.165, 1.54) is 7.05 Å². The Kier molecular flexibility index (Phi) is 4.27. The van der Waals surface area contributed by atoms with Crippen molar-refractivity contribution < 1.29 is 19.3 Å². The Hall–Kier alpha value is -2.28. The number of terminal acetylenes is 1. The Labute approximate surface area is 125 Å². The van der Waals surface area contributed by atoms with Gasteiger partial charge in [-0.1, -0.05) is 12.5 Å². The Balaban J connectivity index is 2.45. The lowest BCUT2D eigenvalue weighted by Crippen LogP contribution is -2.44. The maximum Gasteiger partial charge on any atom is 0.191 e. The number of nitrogens with two attached hydrogens (primary N) is 1. The largest absolute Gasteiger partial charge is 0.392 e. The van der Waals surface area contributed by atoms with Crippen molar-refractivity contribution >= 4 is 11.5 Å². The second kappa shape index (κ2) is 5.84. The molecular weight excluding hydrogens is 293 g/mol. The van der Waals surface area contributed by atoms with Crippen molar-refractivity contribution in [3.63, 3.8) is 0 Å². The van der Waals surface area contributed by atoms with Crippen molar-refractivity contribution in [3.05, 3.63) is 18.4 Å². The fourth-order valence-electron chi connectivity index (χ4n) is 2.23. The van der Waals surface area contributed by atoms with E-state index in [2.05, 4.69) is 27.6 Å². The van der Waals surface area contributed by atoms with Gasteiger partial charge in [0.15, 0.2) is 23.1 Å². The highest BCUT2D eigenvalue weighted by molar-refractivity contribution is 5.49. The third-order valence-corrected chi connectivity index (χ3v) is 3.49. The number of aliphatic hydroxyl groups is 2. The zero-order chi connectivity index (χ0) is 16.5. The molecule has 8 nitrogen and oxygen atoms in total. The second-order valence-corrected chi connectivity index (χ2v) is 4.72. The smallest absolute Gasteiger partial charge is 0.191 e. The molecule has 0 amide bonds. The van der Waals surface area contributed by atoms with Crippen LogP contribution in [-0.2, 0) is 4.74 Å². The van der Waals surface area contributed by atoms with Crippen LogP contribution >= 0.6 is 0 Å². The molecule has 4 atom stereocenters. The Morgan fingerprint density at radius 2 is 2.45 bits per heavy atom. The molecule has 4 N–H and O–H groups in total. The molecule has 2 heterocycles. The second-order valence-electron chi connectivity index (χ2n) is 4.72. The normalized spacial score (nSPS) is 32.0. The number of nitrogen functional groups attached to an aromatic ring is 1. The maximum atomic E-state index is 14.4. The lowest BCUT2D eigenvalue weighted by atomic mass is 9.96. The first-order valence-electron chi connectivity index (χ1n) is 6.32. The summed E-state index contributed by atoms with van der Waals surface area (Å²) < 4.78 is 20.9. The van der Waals surface area contributed by atoms with Gasteiger partial charge in [0.05, 0.1) is 12.3 Å². The van der Waals surface area contributed by atoms with E-state index >= 15 is 0 Å². The first kappa shape index (κ1) is 16.1. The molecule has 9 heteroatoms. The number of ether oxygens (including phenoxy) is 1. The molecule has 118 valence electrons. The highest BCUT2D eigenvalue weighted by Gasteiger charge is 2.55. The van der Waals surface area contributed by atoms with Crippen molar-refractivity contribution in [3.8, 4) is 12.3 Å². The van der Waals surface area contributed by atoms with Crippen LogP contribution in [0.4, 0.5) is 10.2 Å². The molecular formula is C13H16FN5O3. The van der Waals surface area contributed by atoms with Gasteiger partial charge in [-0.3, -0.25) is 4.99 Å². The average molecular weight is 309 g/mol. The molecule has 1 aliphatic heterocycles. The molecule has 0 radical (unpaired) electrons. The summed E-state index contributed by atoms with van der Waals surface area (Å²) in [7, 11) is 1.45. The van der Waals surface area contributed by atoms with E-state index in [-0.39, 0.29) is 17.0 Å². The van der Waals surface area contributed by atoms with Crippen molar-refractivity contribution in [2.75, 3.05) is 19.4 Å². The molecule has 1 aliphatic rings. The molecule has 0 bridgehead atoms. The van der Waals surface area contributed by atoms with E-state index in [1.807, 2.05) is 0 Å². The maximum absolute atomic E-state index is 14.4. The quantitative estimate of drug-likeness (QED) is 0.574. The minimum absolute atomic E-state index is 0.0202. The van der Waals surface area contributed by atoms with Crippen LogP contribution in [0.3, 0.4) is 0 Å². The predicted octanol–water partition coefficient (Wildman–Crippen LogP) is -1.68. The van der Waals surface area contributed by atoms with Gasteiger partial charge in [-0.15, -0.1) is 6.42 Å². The number of rotatable bonds is 3. The highest BCUT2D eigenvalue weighted by atomic mass is 19.1. The average Bonchev–Trinajstić information content (AvgIpc) is 2.79. The number of anilines is 1. The molecule has 1 aromatic rings. The molecule has 0 unspecified atom stereocenters. The zero-order valence-electron chi connectivity index (χ0n) is 11.8. The van der Waals surface area contributed by atoms with Gasteiger partial charge in [-0.05, 0) is 0 Å². The summed E-state index contributed by atoms with van der Waals surface area (Å²) in [5, 5.41) is 23.2. The first-order chi connectivity index (χ1) is 10.4. The lowest BCUT2D eigenvalue weighted by Gasteiger charge is -2.23. The van der Waals surface area contributed by atoms with Crippen LogP contribution in [0.1, 0.15) is 0 Å². The minimum atomic E-state index is -1.90. The van der Waals surface area contributed by atoms with Crippen LogP contribution in [0.5, 0.6) is 0 Å². The fourth-order valence-corrected chi connectivity index (χ4v) is 2.23. The van der Waals surface area contributed by atoms with Gasteiger partial charge < -0.3 is 20.7 Å². The summed E-state index contributed by atoms with van der Waals surface area (Å²) in [6, 6.07) is 0. The van der Waals surface area contributed by atoms with Crippen molar-refractivity contribution in [2.24, 2.45) is 4.99 Å². The molecule has 0 aliphatic carbocycles. The van der Waals surface area contributed by atoms with Gasteiger partial charge in [-0.2, -0.15) is 5.10 Å². The van der Waals surface area contributed by atoms with E-state index in [0.717, 1.165) is 11.0 Å². The Bertz CT molecular complexity index is 698. The number of alkyl halides is 1. The van der Waals surface area contributed by atoms with E-state index in [0.29, 0.717) is 0 Å². The van der Waals surface area contributed by atoms with Crippen LogP contribution in [0.15, 0.2) is 17.9 Å². The Morgan fingerprint density at radius 1 is 1.77 bits per heavy atom. The van der Waals surface area contributed by atoms with Crippen LogP contribution in [-0.4, -0.2) is 62.6 Å². The minimum Gasteiger partial charge on any atom is -0.392 e. The molecule has 1 aromatic heterocycles. The van der Waals surface area contributed by atoms with Crippen molar-refractivity contribution in [1.82, 2.24) is 14.8 Å². The molecule has 22 heavy (non-hydrogen) atoms. The predicted molar refractivity (Wildman–Crippen MR) is 75.7 cm³/mol. The molecule has 2 rings (SSSR count). The number of hydrogen-bond donors (Lipinski definition) is 3. The number of aliphatic hydroxyl groups excluding tert-OH is 2. The monoisotopic (exact) mass is 309 g/mol. The standard InChI is InChI=1S/C13H16FN5O3/c1-4-13(5-20)10(21)8(14)9(22-13)7(2)19-12(16-3)11(15)17-6-18-19/h1,6,8-10,20-21H,2,5H2,3H3,(H2,15,17,18)/t8-,9-,10-,13+/m0/s1. The fraction of sp³-hybridized carbons (Fsp3) is 0.462. The van der Waals surface area contributed by atoms with Gasteiger partial charge >= 0.3 is 0 Å². The molecule has 1 fully saturated rings. The van der Waals surface area contributed by atoms with Crippen molar-refractivity contribution in [1.29, 1.82) is 0 Å². The van der Waals surface area contributed by atoms with Crippen LogP contribution in [0.25, 0.3) is 5.70 Å². The zero-order valence-corrected chi connectivity index (χ0v) is 11.8. The van der Waals surface area contributed by atoms with Crippen molar-refractivity contribution in [2.45, 2.75) is 24.0 Å². The van der Waals surface area contributed by atoms with E-state index in [9.17, 15) is 14.6 Å². The molecule has 0 aromatic carbocycles. The van der Waals surface area contributed by atoms with Gasteiger partial charge in [0, 0.05) is 7.05 Å². The number of halogens is 1. The van der Waals surface area contributed by atoms with E-state index < -0.39 is 30.6 Å². The summed E-state index contributed by atoms with van der Waals surface area (Å²) in [6.45, 7) is 2.97. The topological polar surface area (TPSA) is 119 Å². The van der Waals surface area contributed by atoms with Crippen LogP contribution < -0.4 is 11.2 Å². The van der Waals surface area contributed by atoms with Crippen LogP contribution in [0, 0.1) is 12.3 Å². The lowest BCUT2D eigenvalue weighted by molar-refractivity contribution is -0.0612. The summed E-state index contributed by atoms with van der Waals surface area (Å²) in [5.41, 5.74) is 4.01. The summed E-state index contributed by atoms with van der Waals surface area (Å²) in [6.07, 6.45) is 1.48. The first-order valence-corrected chi connectivity index (χ1v) is 6.32. The van der Waals surface area contributed by atoms with Gasteiger partial charge in [0.2, 0.25) is 0 Å². The third kappa shape index (κ3) is 2.27. The number of aromatic nitrogens is 3. The number of hydrogen-bond acceptors (Lipinski definition) is 7. The number of nitrogens with zero attached hydrogens (tertiary/aromatic N) is 4. The van der Waals surface area contributed by atoms with Gasteiger partial charge in [-0.25, -0.2) is 14.1 Å². The Morgan fingerprint density at radius 3 is 2.95 bits per heavy atom. The molecule has 0 spiro atoms. The van der Waals surface area contributed by atoms with Gasteiger partial charge in [0.25, 0.3) is 0 Å². The van der Waals surface area contributed by atoms with E-state index in [1.54, 1.807) is 0 Å². The molecule has 1 saturated heterocycles. The molecule has 0 saturated carbocycles. The highest BCUT2D eigenvalue weighted by Crippen LogP contribution is 2.36. The third-order valence-electron chi connectivity index (χ3n) is 3.49. The van der Waals surface area contributed by atoms with E-state index in [4.69, 9.17) is 16.9 Å².